The van der Waals surface area contributed by atoms with Gasteiger partial charge in [0.05, 0.1) is 11.4 Å². The van der Waals surface area contributed by atoms with Crippen LogP contribution in [0, 0.1) is 5.41 Å². The zero-order valence-corrected chi connectivity index (χ0v) is 16.4. The third kappa shape index (κ3) is 4.43. The Kier molecular flexibility index (Phi) is 6.24. The van der Waals surface area contributed by atoms with Crippen molar-refractivity contribution in [2.24, 2.45) is 16.5 Å². The molecule has 0 spiro atoms. The molecule has 0 unspecified atom stereocenters. The second-order valence-corrected chi connectivity index (χ2v) is 6.87. The van der Waals surface area contributed by atoms with E-state index in [1.807, 2.05) is 48.5 Å². The molecule has 5 N–H and O–H groups in total. The van der Waals surface area contributed by atoms with Crippen molar-refractivity contribution < 1.29 is 4.79 Å². The fourth-order valence-electron chi connectivity index (χ4n) is 3.55. The lowest BCUT2D eigenvalue weighted by Gasteiger charge is -2.35. The molecule has 3 rings (SSSR count). The van der Waals surface area contributed by atoms with Crippen molar-refractivity contribution in [3.05, 3.63) is 94.8 Å². The number of fused-ring (bicyclic) bond motifs is 1. The zero-order valence-electron chi connectivity index (χ0n) is 16.4. The number of rotatable bonds is 5. The summed E-state index contributed by atoms with van der Waals surface area (Å²) in [7, 11) is 1.69. The predicted molar refractivity (Wildman–Crippen MR) is 117 cm³/mol. The summed E-state index contributed by atoms with van der Waals surface area (Å²) in [6.07, 6.45) is 4.67. The molecular formula is C23H25N5O. The highest BCUT2D eigenvalue weighted by Gasteiger charge is 2.30. The number of hydrogen-bond acceptors (Lipinski definition) is 5. The summed E-state index contributed by atoms with van der Waals surface area (Å²) in [5, 5.41) is 8.21. The summed E-state index contributed by atoms with van der Waals surface area (Å²) in [4.78, 5) is 18.8. The van der Waals surface area contributed by atoms with Crippen molar-refractivity contribution in [2.45, 2.75) is 12.5 Å². The van der Waals surface area contributed by atoms with Crippen LogP contribution in [-0.2, 0) is 11.3 Å². The minimum atomic E-state index is -0.296. The van der Waals surface area contributed by atoms with Crippen LogP contribution in [0.2, 0.25) is 0 Å². The van der Waals surface area contributed by atoms with E-state index in [1.54, 1.807) is 18.2 Å². The van der Waals surface area contributed by atoms with Gasteiger partial charge in [-0.15, -0.1) is 0 Å². The van der Waals surface area contributed by atoms with E-state index in [4.69, 9.17) is 16.9 Å². The third-order valence-electron chi connectivity index (χ3n) is 4.99. The van der Waals surface area contributed by atoms with Gasteiger partial charge in [-0.05, 0) is 34.5 Å². The second kappa shape index (κ2) is 9.01. The third-order valence-corrected chi connectivity index (χ3v) is 4.99. The standard InChI is InChI=1S/C23H25N5O/c1-27-13-18(12-24)20-15-28(14-17-9-5-6-10-19(17)20)23(29)22(26)11-21(25)16-7-3-2-4-8-16/h2-13,20,25H,14-15,24,26H2,1H3/b18-12?,22-11-,25-21?,27-13?/t20-/m0/s1. The van der Waals surface area contributed by atoms with Crippen molar-refractivity contribution in [3.8, 4) is 0 Å². The van der Waals surface area contributed by atoms with Crippen LogP contribution in [0.25, 0.3) is 0 Å². The molecule has 1 atom stereocenters. The van der Waals surface area contributed by atoms with Crippen LogP contribution in [0.5, 0.6) is 0 Å². The summed E-state index contributed by atoms with van der Waals surface area (Å²) in [6, 6.07) is 17.2. The number of nitrogens with zero attached hydrogens (tertiary/aromatic N) is 2. The molecule has 2 aromatic rings. The van der Waals surface area contributed by atoms with Crippen LogP contribution in [0.1, 0.15) is 22.6 Å². The van der Waals surface area contributed by atoms with E-state index in [-0.39, 0.29) is 23.2 Å². The van der Waals surface area contributed by atoms with Crippen molar-refractivity contribution in [1.82, 2.24) is 4.90 Å². The molecule has 2 aromatic carbocycles. The van der Waals surface area contributed by atoms with Gasteiger partial charge in [0.15, 0.2) is 0 Å². The lowest BCUT2D eigenvalue weighted by Crippen LogP contribution is -2.41. The van der Waals surface area contributed by atoms with Crippen LogP contribution in [0.4, 0.5) is 0 Å². The molecule has 0 radical (unpaired) electrons. The molecule has 0 saturated carbocycles. The number of carbonyl (C=O) groups excluding carboxylic acids is 1. The van der Waals surface area contributed by atoms with Gasteiger partial charge in [0, 0.05) is 32.3 Å². The predicted octanol–water partition coefficient (Wildman–Crippen LogP) is 2.57. The molecule has 0 saturated heterocycles. The van der Waals surface area contributed by atoms with E-state index in [2.05, 4.69) is 11.1 Å². The lowest BCUT2D eigenvalue weighted by molar-refractivity contribution is -0.128. The number of nitrogens with one attached hydrogen (secondary N) is 1. The van der Waals surface area contributed by atoms with Crippen LogP contribution in [0.3, 0.4) is 0 Å². The zero-order chi connectivity index (χ0) is 20.8. The van der Waals surface area contributed by atoms with E-state index in [1.165, 1.54) is 12.3 Å². The number of benzene rings is 2. The molecular weight excluding hydrogens is 362 g/mol. The number of amides is 1. The summed E-state index contributed by atoms with van der Waals surface area (Å²) in [5.74, 6) is -0.381. The Morgan fingerprint density at radius 1 is 1.17 bits per heavy atom. The van der Waals surface area contributed by atoms with Gasteiger partial charge in [-0.2, -0.15) is 0 Å². The first-order valence-corrected chi connectivity index (χ1v) is 9.37. The Labute approximate surface area is 170 Å². The topological polar surface area (TPSA) is 109 Å². The smallest absolute Gasteiger partial charge is 0.270 e. The van der Waals surface area contributed by atoms with Crippen LogP contribution in [0.15, 0.2) is 83.1 Å². The fourth-order valence-corrected chi connectivity index (χ4v) is 3.55. The number of allylic oxidation sites excluding steroid dienone is 1. The van der Waals surface area contributed by atoms with Gasteiger partial charge < -0.3 is 21.8 Å². The first-order chi connectivity index (χ1) is 14.0. The van der Waals surface area contributed by atoms with Crippen molar-refractivity contribution in [1.29, 1.82) is 5.41 Å². The largest absolute Gasteiger partial charge is 0.404 e. The Hall–Kier alpha value is -3.67. The van der Waals surface area contributed by atoms with Crippen molar-refractivity contribution >= 4 is 17.8 Å². The number of aliphatic imine (C=N–C) groups is 1. The highest BCUT2D eigenvalue weighted by atomic mass is 16.2. The van der Waals surface area contributed by atoms with Gasteiger partial charge in [-0.25, -0.2) is 0 Å². The quantitative estimate of drug-likeness (QED) is 0.542. The molecule has 0 aromatic heterocycles. The average molecular weight is 387 g/mol. The second-order valence-electron chi connectivity index (χ2n) is 6.87. The maximum Gasteiger partial charge on any atom is 0.270 e. The van der Waals surface area contributed by atoms with Gasteiger partial charge in [0.2, 0.25) is 0 Å². The normalized spacial score (nSPS) is 17.3. The van der Waals surface area contributed by atoms with E-state index in [9.17, 15) is 4.79 Å². The molecule has 0 aliphatic carbocycles. The average Bonchev–Trinajstić information content (AvgIpc) is 2.76. The van der Waals surface area contributed by atoms with Crippen LogP contribution >= 0.6 is 0 Å². The number of nitrogens with two attached hydrogens (primary N) is 2. The molecule has 1 amide bonds. The highest BCUT2D eigenvalue weighted by Crippen LogP contribution is 2.33. The SMILES string of the molecule is CN=CC(=CN)[C@@H]1CN(C(=O)/C(N)=C/C(=N)c2ccccc2)Cc2ccccc21. The molecule has 1 heterocycles. The summed E-state index contributed by atoms with van der Waals surface area (Å²) in [5.41, 5.74) is 15.9. The number of hydrogen-bond donors (Lipinski definition) is 3. The molecule has 148 valence electrons. The highest BCUT2D eigenvalue weighted by molar-refractivity contribution is 6.10. The molecule has 0 fully saturated rings. The molecule has 1 aliphatic heterocycles. The molecule has 1 aliphatic rings. The van der Waals surface area contributed by atoms with E-state index in [0.29, 0.717) is 18.7 Å². The molecule has 29 heavy (non-hydrogen) atoms. The Balaban J connectivity index is 1.88. The minimum Gasteiger partial charge on any atom is -0.404 e. The summed E-state index contributed by atoms with van der Waals surface area (Å²) >= 11 is 0. The fraction of sp³-hybridized carbons (Fsp3) is 0.174. The lowest BCUT2D eigenvalue weighted by atomic mass is 9.85. The Morgan fingerprint density at radius 2 is 1.86 bits per heavy atom. The van der Waals surface area contributed by atoms with E-state index < -0.39 is 0 Å². The van der Waals surface area contributed by atoms with Gasteiger partial charge in [-0.3, -0.25) is 9.79 Å². The summed E-state index contributed by atoms with van der Waals surface area (Å²) < 4.78 is 0. The first kappa shape index (κ1) is 20.1. The monoisotopic (exact) mass is 387 g/mol. The Bertz CT molecular complexity index is 991. The van der Waals surface area contributed by atoms with Crippen LogP contribution in [-0.4, -0.2) is 36.3 Å². The van der Waals surface area contributed by atoms with E-state index >= 15 is 0 Å². The maximum atomic E-state index is 13.0. The van der Waals surface area contributed by atoms with Crippen LogP contribution < -0.4 is 11.5 Å². The van der Waals surface area contributed by atoms with Crippen molar-refractivity contribution in [3.63, 3.8) is 0 Å². The van der Waals surface area contributed by atoms with Gasteiger partial charge in [0.1, 0.15) is 0 Å². The van der Waals surface area contributed by atoms with E-state index in [0.717, 1.165) is 16.7 Å². The first-order valence-electron chi connectivity index (χ1n) is 9.37. The molecule has 0 bridgehead atoms. The maximum absolute atomic E-state index is 13.0. The molecule has 6 heteroatoms. The van der Waals surface area contributed by atoms with Crippen molar-refractivity contribution in [2.75, 3.05) is 13.6 Å². The van der Waals surface area contributed by atoms with Gasteiger partial charge >= 0.3 is 0 Å². The Morgan fingerprint density at radius 3 is 2.55 bits per heavy atom. The number of carbonyl (C=O) groups is 1. The minimum absolute atomic E-state index is 0.0411. The van der Waals surface area contributed by atoms with Gasteiger partial charge in [-0.1, -0.05) is 54.6 Å². The molecule has 6 nitrogen and oxygen atoms in total. The summed E-state index contributed by atoms with van der Waals surface area (Å²) in [6.45, 7) is 0.901. The van der Waals surface area contributed by atoms with Gasteiger partial charge in [0.25, 0.3) is 5.91 Å².